The lowest BCUT2D eigenvalue weighted by molar-refractivity contribution is -0.123. The molecule has 28 heavy (non-hydrogen) atoms. The van der Waals surface area contributed by atoms with Crippen LogP contribution >= 0.6 is 11.8 Å². The number of hydrogen-bond donors (Lipinski definition) is 0. The third-order valence-corrected chi connectivity index (χ3v) is 5.10. The van der Waals surface area contributed by atoms with Gasteiger partial charge in [0, 0.05) is 17.2 Å². The van der Waals surface area contributed by atoms with Crippen molar-refractivity contribution in [3.05, 3.63) is 88.5 Å². The lowest BCUT2D eigenvalue weighted by Crippen LogP contribution is -2.27. The minimum Gasteiger partial charge on any atom is -0.457 e. The van der Waals surface area contributed by atoms with E-state index in [-0.39, 0.29) is 22.8 Å². The molecule has 1 fully saturated rings. The highest BCUT2D eigenvalue weighted by atomic mass is 32.2. The lowest BCUT2D eigenvalue weighted by atomic mass is 10.2. The number of furan rings is 1. The summed E-state index contributed by atoms with van der Waals surface area (Å²) in [4.78, 5) is 26.0. The Morgan fingerprint density at radius 3 is 2.46 bits per heavy atom. The van der Waals surface area contributed by atoms with E-state index >= 15 is 0 Å². The van der Waals surface area contributed by atoms with E-state index in [9.17, 15) is 18.4 Å². The van der Waals surface area contributed by atoms with Gasteiger partial charge in [-0.05, 0) is 54.2 Å². The third kappa shape index (κ3) is 3.61. The summed E-state index contributed by atoms with van der Waals surface area (Å²) in [5.41, 5.74) is 0.955. The summed E-state index contributed by atoms with van der Waals surface area (Å²) in [5, 5.41) is -0.468. The van der Waals surface area contributed by atoms with Gasteiger partial charge in [-0.1, -0.05) is 18.2 Å². The van der Waals surface area contributed by atoms with Crippen LogP contribution in [0, 0.1) is 11.6 Å². The molecule has 1 saturated heterocycles. The van der Waals surface area contributed by atoms with E-state index in [4.69, 9.17) is 4.42 Å². The molecule has 0 radical (unpaired) electrons. The highest BCUT2D eigenvalue weighted by molar-refractivity contribution is 8.18. The first kappa shape index (κ1) is 18.2. The fraction of sp³-hybridized carbons (Fsp3) is 0.0476. The Morgan fingerprint density at radius 1 is 0.964 bits per heavy atom. The summed E-state index contributed by atoms with van der Waals surface area (Å²) in [6.45, 7) is -0.131. The molecule has 0 N–H and O–H groups in total. The fourth-order valence-electron chi connectivity index (χ4n) is 2.76. The first-order valence-corrected chi connectivity index (χ1v) is 9.17. The molecule has 0 bridgehead atoms. The summed E-state index contributed by atoms with van der Waals surface area (Å²) in [6, 6.07) is 15.2. The Morgan fingerprint density at radius 2 is 1.71 bits per heavy atom. The molecule has 1 aliphatic rings. The van der Waals surface area contributed by atoms with Crippen molar-refractivity contribution in [1.82, 2.24) is 4.90 Å². The number of thioether (sulfide) groups is 1. The summed E-state index contributed by atoms with van der Waals surface area (Å²) < 4.78 is 32.5. The van der Waals surface area contributed by atoms with E-state index in [0.29, 0.717) is 17.1 Å². The normalized spacial score (nSPS) is 15.6. The first-order chi connectivity index (χ1) is 13.5. The van der Waals surface area contributed by atoms with Crippen LogP contribution in [-0.4, -0.2) is 16.0 Å². The molecule has 3 aromatic rings. The highest BCUT2D eigenvalue weighted by Crippen LogP contribution is 2.34. The Balaban J connectivity index is 1.54. The topological polar surface area (TPSA) is 50.5 Å². The average Bonchev–Trinajstić information content (AvgIpc) is 3.24. The van der Waals surface area contributed by atoms with Crippen molar-refractivity contribution in [1.29, 1.82) is 0 Å². The molecular weight excluding hydrogens is 384 g/mol. The molecule has 2 amide bonds. The molecule has 140 valence electrons. The molecule has 0 unspecified atom stereocenters. The van der Waals surface area contributed by atoms with Gasteiger partial charge in [0.05, 0.1) is 11.4 Å². The molecule has 0 spiro atoms. The lowest BCUT2D eigenvalue weighted by Gasteiger charge is -2.12. The molecule has 4 nitrogen and oxygen atoms in total. The van der Waals surface area contributed by atoms with Crippen molar-refractivity contribution in [2.24, 2.45) is 0 Å². The fourth-order valence-corrected chi connectivity index (χ4v) is 3.58. The second-order valence-electron chi connectivity index (χ2n) is 6.07. The van der Waals surface area contributed by atoms with E-state index in [1.807, 2.05) is 0 Å². The number of carbonyl (C=O) groups is 2. The number of halogens is 2. The Labute approximate surface area is 163 Å². The highest BCUT2D eigenvalue weighted by Gasteiger charge is 2.35. The standard InChI is InChI=1S/C21H13F2NO3S/c22-15-7-5-13(6-8-15)18-10-9-16(27-18)11-19-20(25)24(21(26)28-19)12-14-3-1-2-4-17(14)23/h1-11H,12H2/b19-11-. The SMILES string of the molecule is O=C1S/C(=C\c2ccc(-c3ccc(F)cc3)o2)C(=O)N1Cc1ccccc1F. The summed E-state index contributed by atoms with van der Waals surface area (Å²) >= 11 is 0.775. The number of carbonyl (C=O) groups excluding carboxylic acids is 2. The largest absolute Gasteiger partial charge is 0.457 e. The van der Waals surface area contributed by atoms with Crippen LogP contribution in [0.5, 0.6) is 0 Å². The van der Waals surface area contributed by atoms with Crippen molar-refractivity contribution in [2.75, 3.05) is 0 Å². The van der Waals surface area contributed by atoms with Gasteiger partial charge in [0.2, 0.25) is 0 Å². The number of amides is 2. The van der Waals surface area contributed by atoms with Gasteiger partial charge < -0.3 is 4.42 Å². The maximum atomic E-state index is 13.8. The van der Waals surface area contributed by atoms with Gasteiger partial charge in [-0.2, -0.15) is 0 Å². The van der Waals surface area contributed by atoms with Crippen LogP contribution in [-0.2, 0) is 11.3 Å². The number of nitrogens with zero attached hydrogens (tertiary/aromatic N) is 1. The van der Waals surface area contributed by atoms with Gasteiger partial charge in [-0.15, -0.1) is 0 Å². The molecule has 7 heteroatoms. The van der Waals surface area contributed by atoms with Crippen LogP contribution in [0.25, 0.3) is 17.4 Å². The molecule has 0 aliphatic carbocycles. The second-order valence-corrected chi connectivity index (χ2v) is 7.06. The van der Waals surface area contributed by atoms with Gasteiger partial charge in [0.25, 0.3) is 11.1 Å². The van der Waals surface area contributed by atoms with E-state index in [2.05, 4.69) is 0 Å². The molecule has 1 aliphatic heterocycles. The predicted molar refractivity (Wildman–Crippen MR) is 102 cm³/mol. The van der Waals surface area contributed by atoms with Crippen molar-refractivity contribution >= 4 is 29.0 Å². The Hall–Kier alpha value is -3.19. The van der Waals surface area contributed by atoms with Gasteiger partial charge in [-0.25, -0.2) is 8.78 Å². The van der Waals surface area contributed by atoms with Gasteiger partial charge in [0.1, 0.15) is 23.2 Å². The molecule has 2 heterocycles. The minimum absolute atomic E-state index is 0.131. The van der Waals surface area contributed by atoms with E-state index < -0.39 is 17.0 Å². The second kappa shape index (κ2) is 7.44. The smallest absolute Gasteiger partial charge is 0.293 e. The van der Waals surface area contributed by atoms with Gasteiger partial charge in [0.15, 0.2) is 0 Å². The monoisotopic (exact) mass is 397 g/mol. The third-order valence-electron chi connectivity index (χ3n) is 4.19. The number of rotatable bonds is 4. The van der Waals surface area contributed by atoms with Crippen LogP contribution in [0.2, 0.25) is 0 Å². The van der Waals surface area contributed by atoms with Crippen LogP contribution in [0.3, 0.4) is 0 Å². The molecule has 2 aromatic carbocycles. The molecule has 1 aromatic heterocycles. The van der Waals surface area contributed by atoms with Crippen LogP contribution in [0.15, 0.2) is 70.0 Å². The number of imide groups is 1. The minimum atomic E-state index is -0.502. The molecule has 0 saturated carbocycles. The molecule has 4 rings (SSSR count). The van der Waals surface area contributed by atoms with Gasteiger partial charge in [-0.3, -0.25) is 14.5 Å². The van der Waals surface area contributed by atoms with E-state index in [1.165, 1.54) is 30.3 Å². The van der Waals surface area contributed by atoms with Gasteiger partial charge >= 0.3 is 0 Å². The van der Waals surface area contributed by atoms with Crippen molar-refractivity contribution in [2.45, 2.75) is 6.54 Å². The number of benzene rings is 2. The maximum Gasteiger partial charge on any atom is 0.293 e. The Bertz CT molecular complexity index is 1090. The van der Waals surface area contributed by atoms with Crippen LogP contribution < -0.4 is 0 Å². The summed E-state index contributed by atoms with van der Waals surface area (Å²) in [6.07, 6.45) is 1.47. The zero-order chi connectivity index (χ0) is 19.7. The van der Waals surface area contributed by atoms with Crippen molar-refractivity contribution in [3.8, 4) is 11.3 Å². The average molecular weight is 397 g/mol. The maximum absolute atomic E-state index is 13.8. The molecular formula is C21H13F2NO3S. The number of hydrogen-bond acceptors (Lipinski definition) is 4. The van der Waals surface area contributed by atoms with Crippen LogP contribution in [0.4, 0.5) is 13.6 Å². The first-order valence-electron chi connectivity index (χ1n) is 8.36. The Kier molecular flexibility index (Phi) is 4.83. The van der Waals surface area contributed by atoms with Crippen molar-refractivity contribution in [3.63, 3.8) is 0 Å². The van der Waals surface area contributed by atoms with E-state index in [0.717, 1.165) is 16.7 Å². The van der Waals surface area contributed by atoms with E-state index in [1.54, 1.807) is 36.4 Å². The zero-order valence-corrected chi connectivity index (χ0v) is 15.2. The summed E-state index contributed by atoms with van der Waals surface area (Å²) in [5.74, 6) is -0.426. The quantitative estimate of drug-likeness (QED) is 0.549. The van der Waals surface area contributed by atoms with Crippen LogP contribution in [0.1, 0.15) is 11.3 Å². The van der Waals surface area contributed by atoms with Crippen molar-refractivity contribution < 1.29 is 22.8 Å². The molecule has 0 atom stereocenters. The zero-order valence-electron chi connectivity index (χ0n) is 14.4. The predicted octanol–water partition coefficient (Wildman–Crippen LogP) is 5.46. The summed E-state index contributed by atoms with van der Waals surface area (Å²) in [7, 11) is 0.